The Bertz CT molecular complexity index is 917. The molecule has 6 heteroatoms. The summed E-state index contributed by atoms with van der Waals surface area (Å²) in [4.78, 5) is 34.5. The van der Waals surface area contributed by atoms with Gasteiger partial charge in [-0.25, -0.2) is 4.98 Å². The number of aromatic nitrogens is 1. The zero-order chi connectivity index (χ0) is 21.1. The Kier molecular flexibility index (Phi) is 6.21. The van der Waals surface area contributed by atoms with Crippen molar-refractivity contribution in [3.63, 3.8) is 0 Å². The van der Waals surface area contributed by atoms with Gasteiger partial charge in [-0.15, -0.1) is 0 Å². The average Bonchev–Trinajstić information content (AvgIpc) is 3.60. The van der Waals surface area contributed by atoms with Crippen molar-refractivity contribution in [2.24, 2.45) is 5.92 Å². The van der Waals surface area contributed by atoms with Crippen LogP contribution >= 0.6 is 0 Å². The molecule has 2 aliphatic rings. The highest BCUT2D eigenvalue weighted by atomic mass is 16.2. The van der Waals surface area contributed by atoms with Gasteiger partial charge in [-0.05, 0) is 44.2 Å². The van der Waals surface area contributed by atoms with E-state index in [2.05, 4.69) is 17.1 Å². The van der Waals surface area contributed by atoms with E-state index in [-0.39, 0.29) is 17.7 Å². The largest absolute Gasteiger partial charge is 0.357 e. The number of nitrogens with zero attached hydrogens (tertiary/aromatic N) is 3. The van der Waals surface area contributed by atoms with Gasteiger partial charge >= 0.3 is 0 Å². The van der Waals surface area contributed by atoms with Gasteiger partial charge in [0.25, 0.3) is 5.91 Å². The van der Waals surface area contributed by atoms with Crippen molar-refractivity contribution in [1.82, 2.24) is 15.2 Å². The van der Waals surface area contributed by atoms with Crippen LogP contribution in [0.4, 0.5) is 5.82 Å². The number of unbranched alkanes of at least 4 members (excludes halogenated alkanes) is 1. The van der Waals surface area contributed by atoms with Crippen molar-refractivity contribution >= 4 is 28.5 Å². The fourth-order valence-corrected chi connectivity index (χ4v) is 4.17. The van der Waals surface area contributed by atoms with Gasteiger partial charge in [-0.1, -0.05) is 31.5 Å². The number of amides is 2. The summed E-state index contributed by atoms with van der Waals surface area (Å²) in [5, 5.41) is 4.00. The second kappa shape index (κ2) is 9.02. The molecule has 0 radical (unpaired) electrons. The van der Waals surface area contributed by atoms with Crippen LogP contribution in [0.2, 0.25) is 0 Å². The third-order valence-corrected chi connectivity index (χ3v) is 6.25. The van der Waals surface area contributed by atoms with Gasteiger partial charge in [0.15, 0.2) is 0 Å². The first kappa shape index (κ1) is 20.6. The van der Waals surface area contributed by atoms with Crippen LogP contribution in [0, 0.1) is 5.92 Å². The van der Waals surface area contributed by atoms with E-state index in [4.69, 9.17) is 4.98 Å². The Hall–Kier alpha value is -2.63. The summed E-state index contributed by atoms with van der Waals surface area (Å²) in [5.41, 5.74) is 1.54. The van der Waals surface area contributed by atoms with Crippen molar-refractivity contribution in [2.75, 3.05) is 31.6 Å². The normalized spacial score (nSPS) is 17.2. The maximum atomic E-state index is 12.8. The summed E-state index contributed by atoms with van der Waals surface area (Å²) >= 11 is 0. The van der Waals surface area contributed by atoms with Gasteiger partial charge in [0.05, 0.1) is 11.1 Å². The molecular formula is C24H32N4O2. The summed E-state index contributed by atoms with van der Waals surface area (Å²) in [5.74, 6) is 1.17. The standard InChI is InChI=1S/C24H32N4O2/c1-3-4-13-27(2)24(30)17-11-14-28(15-12-17)22-16-20(23(29)25-18-9-10-18)19-7-5-6-8-21(19)26-22/h5-8,16-18H,3-4,9-15H2,1-2H3,(H,25,29). The summed E-state index contributed by atoms with van der Waals surface area (Å²) in [6, 6.07) is 10.1. The van der Waals surface area contributed by atoms with Crippen molar-refractivity contribution in [2.45, 2.75) is 51.5 Å². The summed E-state index contributed by atoms with van der Waals surface area (Å²) < 4.78 is 0. The first-order valence-corrected chi connectivity index (χ1v) is 11.3. The van der Waals surface area contributed by atoms with Gasteiger partial charge in [0, 0.05) is 44.0 Å². The lowest BCUT2D eigenvalue weighted by Crippen LogP contribution is -2.42. The molecule has 0 atom stereocenters. The highest BCUT2D eigenvalue weighted by Crippen LogP contribution is 2.28. The minimum atomic E-state index is -0.0139. The minimum absolute atomic E-state index is 0.0139. The third-order valence-electron chi connectivity index (χ3n) is 6.25. The van der Waals surface area contributed by atoms with Gasteiger partial charge in [0.1, 0.15) is 5.82 Å². The van der Waals surface area contributed by atoms with Crippen molar-refractivity contribution in [3.05, 3.63) is 35.9 Å². The first-order valence-electron chi connectivity index (χ1n) is 11.3. The zero-order valence-corrected chi connectivity index (χ0v) is 18.1. The Morgan fingerprint density at radius 1 is 1.17 bits per heavy atom. The molecule has 2 fully saturated rings. The molecule has 6 nitrogen and oxygen atoms in total. The molecule has 1 N–H and O–H groups in total. The number of hydrogen-bond acceptors (Lipinski definition) is 4. The molecule has 4 rings (SSSR count). The van der Waals surface area contributed by atoms with E-state index >= 15 is 0 Å². The molecule has 0 bridgehead atoms. The Morgan fingerprint density at radius 2 is 1.90 bits per heavy atom. The molecule has 2 heterocycles. The molecule has 2 amide bonds. The number of carbonyl (C=O) groups is 2. The maximum absolute atomic E-state index is 12.8. The molecule has 0 spiro atoms. The quantitative estimate of drug-likeness (QED) is 0.760. The van der Waals surface area contributed by atoms with Gasteiger partial charge < -0.3 is 15.1 Å². The summed E-state index contributed by atoms with van der Waals surface area (Å²) in [6.07, 6.45) is 5.93. The van der Waals surface area contributed by atoms with Crippen molar-refractivity contribution in [1.29, 1.82) is 0 Å². The molecule has 1 aliphatic heterocycles. The third kappa shape index (κ3) is 4.58. The number of pyridine rings is 1. The van der Waals surface area contributed by atoms with Crippen LogP contribution in [0.1, 0.15) is 55.8 Å². The predicted molar refractivity (Wildman–Crippen MR) is 120 cm³/mol. The summed E-state index contributed by atoms with van der Waals surface area (Å²) in [7, 11) is 1.92. The second-order valence-electron chi connectivity index (χ2n) is 8.67. The molecule has 1 aromatic heterocycles. The zero-order valence-electron chi connectivity index (χ0n) is 18.1. The van der Waals surface area contributed by atoms with E-state index in [1.54, 1.807) is 0 Å². The van der Waals surface area contributed by atoms with Crippen molar-refractivity contribution in [3.8, 4) is 0 Å². The fourth-order valence-electron chi connectivity index (χ4n) is 4.17. The number of para-hydroxylation sites is 1. The van der Waals surface area contributed by atoms with E-state index in [0.717, 1.165) is 74.9 Å². The van der Waals surface area contributed by atoms with Crippen LogP contribution in [0.15, 0.2) is 30.3 Å². The fraction of sp³-hybridized carbons (Fsp3) is 0.542. The average molecular weight is 409 g/mol. The van der Waals surface area contributed by atoms with Crippen LogP contribution in [0.5, 0.6) is 0 Å². The molecule has 1 aliphatic carbocycles. The lowest BCUT2D eigenvalue weighted by atomic mass is 9.95. The topological polar surface area (TPSA) is 65.5 Å². The Balaban J connectivity index is 1.48. The number of piperidine rings is 1. The second-order valence-corrected chi connectivity index (χ2v) is 8.67. The van der Waals surface area contributed by atoms with E-state index in [9.17, 15) is 9.59 Å². The predicted octanol–water partition coefficient (Wildman–Crippen LogP) is 3.60. The molecule has 0 unspecified atom stereocenters. The number of benzene rings is 1. The van der Waals surface area contributed by atoms with E-state index in [1.807, 2.05) is 42.3 Å². The van der Waals surface area contributed by atoms with Crippen LogP contribution < -0.4 is 10.2 Å². The van der Waals surface area contributed by atoms with Crippen LogP contribution in [0.3, 0.4) is 0 Å². The SMILES string of the molecule is CCCCN(C)C(=O)C1CCN(c2cc(C(=O)NC3CC3)c3ccccc3n2)CC1. The van der Waals surface area contributed by atoms with E-state index in [1.165, 1.54) is 0 Å². The first-order chi connectivity index (χ1) is 14.6. The number of hydrogen-bond donors (Lipinski definition) is 1. The van der Waals surface area contributed by atoms with Crippen LogP contribution in [-0.2, 0) is 4.79 Å². The van der Waals surface area contributed by atoms with Gasteiger partial charge in [0.2, 0.25) is 5.91 Å². The summed E-state index contributed by atoms with van der Waals surface area (Å²) in [6.45, 7) is 4.55. The van der Waals surface area contributed by atoms with Crippen LogP contribution in [0.25, 0.3) is 10.9 Å². The molecule has 2 aromatic rings. The highest BCUT2D eigenvalue weighted by molar-refractivity contribution is 6.07. The van der Waals surface area contributed by atoms with Crippen LogP contribution in [-0.4, -0.2) is 54.4 Å². The lowest BCUT2D eigenvalue weighted by Gasteiger charge is -2.34. The number of nitrogens with one attached hydrogen (secondary N) is 1. The maximum Gasteiger partial charge on any atom is 0.252 e. The van der Waals surface area contributed by atoms with Crippen molar-refractivity contribution < 1.29 is 9.59 Å². The highest BCUT2D eigenvalue weighted by Gasteiger charge is 2.29. The molecule has 1 aromatic carbocycles. The van der Waals surface area contributed by atoms with Gasteiger partial charge in [-0.3, -0.25) is 9.59 Å². The lowest BCUT2D eigenvalue weighted by molar-refractivity contribution is -0.134. The molecule has 160 valence electrons. The van der Waals surface area contributed by atoms with E-state index in [0.29, 0.717) is 11.6 Å². The molecule has 1 saturated heterocycles. The molecule has 30 heavy (non-hydrogen) atoms. The van der Waals surface area contributed by atoms with Gasteiger partial charge in [-0.2, -0.15) is 0 Å². The number of carbonyl (C=O) groups excluding carboxylic acids is 2. The number of anilines is 1. The van der Waals surface area contributed by atoms with E-state index < -0.39 is 0 Å². The number of rotatable bonds is 7. The Morgan fingerprint density at radius 3 is 2.60 bits per heavy atom. The number of fused-ring (bicyclic) bond motifs is 1. The minimum Gasteiger partial charge on any atom is -0.357 e. The smallest absolute Gasteiger partial charge is 0.252 e. The molecule has 1 saturated carbocycles. The monoisotopic (exact) mass is 408 g/mol. The Labute approximate surface area is 178 Å². The molecular weight excluding hydrogens is 376 g/mol.